The molecule has 2 aromatic carbocycles. The first-order chi connectivity index (χ1) is 8.65. The van der Waals surface area contributed by atoms with Gasteiger partial charge in [-0.15, -0.1) is 0 Å². The van der Waals surface area contributed by atoms with E-state index in [1.807, 2.05) is 30.5 Å². The molecule has 1 nitrogen and oxygen atoms in total. The summed E-state index contributed by atoms with van der Waals surface area (Å²) in [7, 11) is 0. The predicted molar refractivity (Wildman–Crippen MR) is 81.9 cm³/mol. The van der Waals surface area contributed by atoms with E-state index in [4.69, 9.17) is 0 Å². The van der Waals surface area contributed by atoms with Gasteiger partial charge in [0.15, 0.2) is 0 Å². The highest BCUT2D eigenvalue weighted by Gasteiger charge is 1.97. The summed E-state index contributed by atoms with van der Waals surface area (Å²) in [5.74, 6) is 0.572. The van der Waals surface area contributed by atoms with Gasteiger partial charge in [0.25, 0.3) is 0 Å². The van der Waals surface area contributed by atoms with Crippen molar-refractivity contribution in [3.8, 4) is 0 Å². The molecule has 0 aliphatic carbocycles. The zero-order valence-electron chi connectivity index (χ0n) is 10.6. The van der Waals surface area contributed by atoms with Crippen molar-refractivity contribution >= 4 is 27.8 Å². The molecule has 0 spiro atoms. The summed E-state index contributed by atoms with van der Waals surface area (Å²) in [5.41, 5.74) is 3.45. The van der Waals surface area contributed by atoms with Gasteiger partial charge in [0.05, 0.1) is 5.69 Å². The van der Waals surface area contributed by atoms with E-state index < -0.39 is 0 Å². The molecule has 0 amide bonds. The SMILES string of the molecule is CC(C)c1ccc(C=Nc2ccc(Br)cc2)cc1. The molecule has 0 radical (unpaired) electrons. The third-order valence-electron chi connectivity index (χ3n) is 2.79. The third-order valence-corrected chi connectivity index (χ3v) is 3.32. The molecule has 0 bridgehead atoms. The van der Waals surface area contributed by atoms with Crippen LogP contribution in [0.3, 0.4) is 0 Å². The average molecular weight is 302 g/mol. The number of rotatable bonds is 3. The highest BCUT2D eigenvalue weighted by atomic mass is 79.9. The lowest BCUT2D eigenvalue weighted by Gasteiger charge is -2.04. The maximum Gasteiger partial charge on any atom is 0.0630 e. The van der Waals surface area contributed by atoms with Crippen LogP contribution in [0.4, 0.5) is 5.69 Å². The third kappa shape index (κ3) is 3.54. The lowest BCUT2D eigenvalue weighted by molar-refractivity contribution is 0.866. The highest BCUT2D eigenvalue weighted by molar-refractivity contribution is 9.10. The normalized spacial score (nSPS) is 11.3. The molecule has 18 heavy (non-hydrogen) atoms. The van der Waals surface area contributed by atoms with Crippen molar-refractivity contribution in [1.29, 1.82) is 0 Å². The Kier molecular flexibility index (Phi) is 4.32. The van der Waals surface area contributed by atoms with Crippen LogP contribution in [-0.4, -0.2) is 6.21 Å². The van der Waals surface area contributed by atoms with Crippen LogP contribution in [0.25, 0.3) is 0 Å². The van der Waals surface area contributed by atoms with E-state index in [-0.39, 0.29) is 0 Å². The van der Waals surface area contributed by atoms with Crippen LogP contribution in [0.5, 0.6) is 0 Å². The van der Waals surface area contributed by atoms with Crippen LogP contribution in [0.1, 0.15) is 30.9 Å². The largest absolute Gasteiger partial charge is 0.256 e. The lowest BCUT2D eigenvalue weighted by atomic mass is 10.0. The van der Waals surface area contributed by atoms with Crippen LogP contribution >= 0.6 is 15.9 Å². The van der Waals surface area contributed by atoms with Gasteiger partial charge in [-0.05, 0) is 41.3 Å². The van der Waals surface area contributed by atoms with Gasteiger partial charge in [-0.25, -0.2) is 0 Å². The molecule has 92 valence electrons. The fourth-order valence-corrected chi connectivity index (χ4v) is 1.91. The van der Waals surface area contributed by atoms with Gasteiger partial charge >= 0.3 is 0 Å². The van der Waals surface area contributed by atoms with Gasteiger partial charge < -0.3 is 0 Å². The second-order valence-electron chi connectivity index (χ2n) is 4.56. The molecule has 2 heteroatoms. The minimum Gasteiger partial charge on any atom is -0.256 e. The molecule has 2 rings (SSSR count). The first-order valence-corrected chi connectivity index (χ1v) is 6.84. The van der Waals surface area contributed by atoms with E-state index in [9.17, 15) is 0 Å². The van der Waals surface area contributed by atoms with E-state index in [1.165, 1.54) is 5.56 Å². The van der Waals surface area contributed by atoms with Gasteiger partial charge in [-0.3, -0.25) is 4.99 Å². The molecule has 0 aliphatic rings. The van der Waals surface area contributed by atoms with Gasteiger partial charge in [-0.1, -0.05) is 54.0 Å². The summed E-state index contributed by atoms with van der Waals surface area (Å²) < 4.78 is 1.07. The van der Waals surface area contributed by atoms with Crippen molar-refractivity contribution in [1.82, 2.24) is 0 Å². The van der Waals surface area contributed by atoms with Gasteiger partial charge in [0, 0.05) is 10.7 Å². The Morgan fingerprint density at radius 3 is 2.11 bits per heavy atom. The van der Waals surface area contributed by atoms with E-state index in [1.54, 1.807) is 0 Å². The lowest BCUT2D eigenvalue weighted by Crippen LogP contribution is -1.87. The number of hydrogen-bond acceptors (Lipinski definition) is 1. The molecular weight excluding hydrogens is 286 g/mol. The van der Waals surface area contributed by atoms with Crippen molar-refractivity contribution in [2.24, 2.45) is 4.99 Å². The monoisotopic (exact) mass is 301 g/mol. The smallest absolute Gasteiger partial charge is 0.0630 e. The van der Waals surface area contributed by atoms with Crippen LogP contribution in [0.2, 0.25) is 0 Å². The quantitative estimate of drug-likeness (QED) is 0.680. The molecule has 0 atom stereocenters. The van der Waals surface area contributed by atoms with Crippen molar-refractivity contribution < 1.29 is 0 Å². The molecule has 0 aromatic heterocycles. The van der Waals surface area contributed by atoms with Crippen molar-refractivity contribution in [2.75, 3.05) is 0 Å². The Morgan fingerprint density at radius 2 is 1.56 bits per heavy atom. The number of benzene rings is 2. The second-order valence-corrected chi connectivity index (χ2v) is 5.47. The molecule has 0 N–H and O–H groups in total. The molecule has 0 heterocycles. The minimum atomic E-state index is 0.572. The minimum absolute atomic E-state index is 0.572. The first kappa shape index (κ1) is 13.0. The van der Waals surface area contributed by atoms with E-state index in [2.05, 4.69) is 59.0 Å². The van der Waals surface area contributed by atoms with Gasteiger partial charge in [0.2, 0.25) is 0 Å². The van der Waals surface area contributed by atoms with Crippen LogP contribution in [0.15, 0.2) is 58.0 Å². The highest BCUT2D eigenvalue weighted by Crippen LogP contribution is 2.17. The summed E-state index contributed by atoms with van der Waals surface area (Å²) in [6.07, 6.45) is 1.90. The standard InChI is InChI=1S/C16H16BrN/c1-12(2)14-5-3-13(4-6-14)11-18-16-9-7-15(17)8-10-16/h3-12H,1-2H3. The fourth-order valence-electron chi connectivity index (χ4n) is 1.64. The average Bonchev–Trinajstić information content (AvgIpc) is 2.38. The Hall–Kier alpha value is -1.41. The summed E-state index contributed by atoms with van der Waals surface area (Å²) in [5, 5.41) is 0. The van der Waals surface area contributed by atoms with Crippen LogP contribution in [-0.2, 0) is 0 Å². The van der Waals surface area contributed by atoms with E-state index in [0.29, 0.717) is 5.92 Å². The van der Waals surface area contributed by atoms with Crippen molar-refractivity contribution in [2.45, 2.75) is 19.8 Å². The zero-order chi connectivity index (χ0) is 13.0. The Labute approximate surface area is 117 Å². The number of hydrogen-bond donors (Lipinski definition) is 0. The number of nitrogens with zero attached hydrogens (tertiary/aromatic N) is 1. The van der Waals surface area contributed by atoms with Crippen molar-refractivity contribution in [3.05, 3.63) is 64.1 Å². The van der Waals surface area contributed by atoms with Gasteiger partial charge in [-0.2, -0.15) is 0 Å². The number of halogens is 1. The Balaban J connectivity index is 2.11. The fraction of sp³-hybridized carbons (Fsp3) is 0.188. The summed E-state index contributed by atoms with van der Waals surface area (Å²) in [4.78, 5) is 4.45. The maximum absolute atomic E-state index is 4.45. The van der Waals surface area contributed by atoms with E-state index in [0.717, 1.165) is 15.7 Å². The summed E-state index contributed by atoms with van der Waals surface area (Å²) in [6, 6.07) is 16.5. The van der Waals surface area contributed by atoms with Crippen molar-refractivity contribution in [3.63, 3.8) is 0 Å². The molecule has 0 saturated heterocycles. The summed E-state index contributed by atoms with van der Waals surface area (Å²) in [6.45, 7) is 4.40. The molecule has 2 aromatic rings. The Bertz CT molecular complexity index is 524. The zero-order valence-corrected chi connectivity index (χ0v) is 12.2. The summed E-state index contributed by atoms with van der Waals surface area (Å²) >= 11 is 3.41. The molecular formula is C16H16BrN. The second kappa shape index (κ2) is 5.96. The molecule has 0 saturated carbocycles. The van der Waals surface area contributed by atoms with E-state index >= 15 is 0 Å². The van der Waals surface area contributed by atoms with Crippen LogP contribution < -0.4 is 0 Å². The predicted octanol–water partition coefficient (Wildman–Crippen LogP) is 5.32. The molecule has 0 aliphatic heterocycles. The van der Waals surface area contributed by atoms with Crippen LogP contribution in [0, 0.1) is 0 Å². The topological polar surface area (TPSA) is 12.4 Å². The molecule has 0 fully saturated rings. The van der Waals surface area contributed by atoms with Gasteiger partial charge in [0.1, 0.15) is 0 Å². The molecule has 0 unspecified atom stereocenters. The number of aliphatic imine (C=N–C) groups is 1. The Morgan fingerprint density at radius 1 is 0.944 bits per heavy atom. The maximum atomic E-state index is 4.45. The first-order valence-electron chi connectivity index (χ1n) is 6.05.